The maximum atomic E-state index is 5.94. The maximum Gasteiger partial charge on any atom is 0.116 e. The van der Waals surface area contributed by atoms with Gasteiger partial charge in [-0.25, -0.2) is 9.97 Å². The molecule has 1 heterocycles. The number of rotatable bonds is 1. The van der Waals surface area contributed by atoms with Crippen LogP contribution in [0.3, 0.4) is 0 Å². The minimum atomic E-state index is 0.780. The largest absolute Gasteiger partial charge is 0.245 e. The highest BCUT2D eigenvalue weighted by Gasteiger charge is 2.00. The molecular weight excluding hydrogens is 196 g/mol. The highest BCUT2D eigenvalue weighted by molar-refractivity contribution is 6.31. The van der Waals surface area contributed by atoms with Crippen molar-refractivity contribution in [2.24, 2.45) is 0 Å². The molecule has 0 spiro atoms. The Balaban J connectivity index is 2.48. The van der Waals surface area contributed by atoms with E-state index in [2.05, 4.69) is 9.97 Å². The zero-order chi connectivity index (χ0) is 9.97. The van der Waals surface area contributed by atoms with Crippen LogP contribution in [0.2, 0.25) is 5.02 Å². The van der Waals surface area contributed by atoms with Crippen molar-refractivity contribution in [1.29, 1.82) is 0 Å². The van der Waals surface area contributed by atoms with Gasteiger partial charge in [0.15, 0.2) is 0 Å². The van der Waals surface area contributed by atoms with Gasteiger partial charge >= 0.3 is 0 Å². The molecule has 2 rings (SSSR count). The zero-order valence-corrected chi connectivity index (χ0v) is 8.49. The normalized spacial score (nSPS) is 10.1. The van der Waals surface area contributed by atoms with Crippen LogP contribution in [0.15, 0.2) is 36.8 Å². The molecule has 0 radical (unpaired) electrons. The molecule has 0 aliphatic rings. The molecule has 0 N–H and O–H groups in total. The van der Waals surface area contributed by atoms with Gasteiger partial charge in [-0.2, -0.15) is 0 Å². The first-order valence-corrected chi connectivity index (χ1v) is 4.68. The lowest BCUT2D eigenvalue weighted by molar-refractivity contribution is 1.17. The fraction of sp³-hybridized carbons (Fsp3) is 0.0909. The van der Waals surface area contributed by atoms with Gasteiger partial charge < -0.3 is 0 Å². The van der Waals surface area contributed by atoms with Crippen molar-refractivity contribution < 1.29 is 0 Å². The summed E-state index contributed by atoms with van der Waals surface area (Å²) in [5, 5.41) is 0.780. The van der Waals surface area contributed by atoms with Crippen molar-refractivity contribution in [1.82, 2.24) is 9.97 Å². The van der Waals surface area contributed by atoms with Crippen LogP contribution in [0.1, 0.15) is 5.56 Å². The summed E-state index contributed by atoms with van der Waals surface area (Å²) in [7, 11) is 0. The van der Waals surface area contributed by atoms with E-state index < -0.39 is 0 Å². The molecule has 0 unspecified atom stereocenters. The van der Waals surface area contributed by atoms with Gasteiger partial charge in [0, 0.05) is 16.8 Å². The highest BCUT2D eigenvalue weighted by atomic mass is 35.5. The van der Waals surface area contributed by atoms with Gasteiger partial charge in [-0.05, 0) is 30.7 Å². The predicted octanol–water partition coefficient (Wildman–Crippen LogP) is 3.11. The van der Waals surface area contributed by atoms with Gasteiger partial charge in [0.1, 0.15) is 6.33 Å². The van der Waals surface area contributed by atoms with Crippen LogP contribution in [0.5, 0.6) is 0 Å². The van der Waals surface area contributed by atoms with Crippen LogP contribution < -0.4 is 0 Å². The SMILES string of the molecule is Cc1cc(-c2ccncn2)ccc1Cl. The monoisotopic (exact) mass is 204 g/mol. The summed E-state index contributed by atoms with van der Waals surface area (Å²) in [6.45, 7) is 1.98. The summed E-state index contributed by atoms with van der Waals surface area (Å²) < 4.78 is 0. The first-order valence-electron chi connectivity index (χ1n) is 4.30. The Labute approximate surface area is 87.6 Å². The van der Waals surface area contributed by atoms with Crippen LogP contribution in [0.4, 0.5) is 0 Å². The summed E-state index contributed by atoms with van der Waals surface area (Å²) in [6, 6.07) is 7.74. The fourth-order valence-electron chi connectivity index (χ4n) is 1.27. The van der Waals surface area contributed by atoms with Crippen LogP contribution in [0, 0.1) is 6.92 Å². The second-order valence-electron chi connectivity index (χ2n) is 3.06. The van der Waals surface area contributed by atoms with Gasteiger partial charge in [0.2, 0.25) is 0 Å². The molecule has 1 aromatic heterocycles. The van der Waals surface area contributed by atoms with Gasteiger partial charge in [-0.1, -0.05) is 17.7 Å². The van der Waals surface area contributed by atoms with Crippen LogP contribution in [0.25, 0.3) is 11.3 Å². The molecule has 1 aromatic carbocycles. The Morgan fingerprint density at radius 1 is 1.21 bits per heavy atom. The van der Waals surface area contributed by atoms with E-state index in [1.54, 1.807) is 12.5 Å². The zero-order valence-electron chi connectivity index (χ0n) is 7.74. The highest BCUT2D eigenvalue weighted by Crippen LogP contribution is 2.22. The van der Waals surface area contributed by atoms with Gasteiger partial charge in [0.25, 0.3) is 0 Å². The smallest absolute Gasteiger partial charge is 0.116 e. The third-order valence-corrected chi connectivity index (χ3v) is 2.46. The lowest BCUT2D eigenvalue weighted by Gasteiger charge is -2.02. The molecule has 0 saturated heterocycles. The third-order valence-electron chi connectivity index (χ3n) is 2.04. The number of halogens is 1. The number of aryl methyl sites for hydroxylation is 1. The second-order valence-corrected chi connectivity index (χ2v) is 3.47. The van der Waals surface area contributed by atoms with E-state index in [4.69, 9.17) is 11.6 Å². The van der Waals surface area contributed by atoms with E-state index in [0.29, 0.717) is 0 Å². The molecule has 2 aromatic rings. The minimum Gasteiger partial charge on any atom is -0.245 e. The lowest BCUT2D eigenvalue weighted by Crippen LogP contribution is -1.85. The average Bonchev–Trinajstić information content (AvgIpc) is 2.23. The topological polar surface area (TPSA) is 25.8 Å². The van der Waals surface area contributed by atoms with Crippen molar-refractivity contribution >= 4 is 11.6 Å². The quantitative estimate of drug-likeness (QED) is 0.714. The maximum absolute atomic E-state index is 5.94. The summed E-state index contributed by atoms with van der Waals surface area (Å²) in [5.74, 6) is 0. The molecule has 0 bridgehead atoms. The molecular formula is C11H9ClN2. The predicted molar refractivity (Wildman–Crippen MR) is 57.2 cm³/mol. The number of hydrogen-bond donors (Lipinski definition) is 0. The van der Waals surface area contributed by atoms with Crippen molar-refractivity contribution in [2.45, 2.75) is 6.92 Å². The van der Waals surface area contributed by atoms with Crippen LogP contribution in [-0.2, 0) is 0 Å². The fourth-order valence-corrected chi connectivity index (χ4v) is 1.38. The van der Waals surface area contributed by atoms with E-state index in [-0.39, 0.29) is 0 Å². The molecule has 0 fully saturated rings. The van der Waals surface area contributed by atoms with E-state index >= 15 is 0 Å². The van der Waals surface area contributed by atoms with Gasteiger partial charge in [0.05, 0.1) is 5.69 Å². The number of benzene rings is 1. The molecule has 0 saturated carbocycles. The molecule has 14 heavy (non-hydrogen) atoms. The first kappa shape index (κ1) is 9.16. The van der Waals surface area contributed by atoms with Crippen LogP contribution >= 0.6 is 11.6 Å². The molecule has 0 aliphatic carbocycles. The summed E-state index contributed by atoms with van der Waals surface area (Å²) in [6.07, 6.45) is 3.27. The van der Waals surface area contributed by atoms with E-state index in [1.165, 1.54) is 0 Å². The summed E-state index contributed by atoms with van der Waals surface area (Å²) in [4.78, 5) is 8.04. The van der Waals surface area contributed by atoms with Crippen molar-refractivity contribution in [2.75, 3.05) is 0 Å². The minimum absolute atomic E-state index is 0.780. The molecule has 0 amide bonds. The van der Waals surface area contributed by atoms with E-state index in [1.807, 2.05) is 31.2 Å². The Morgan fingerprint density at radius 2 is 2.07 bits per heavy atom. The molecule has 2 nitrogen and oxygen atoms in total. The Bertz CT molecular complexity index is 440. The molecule has 0 atom stereocenters. The molecule has 70 valence electrons. The average molecular weight is 205 g/mol. The third kappa shape index (κ3) is 1.75. The molecule has 0 aliphatic heterocycles. The van der Waals surface area contributed by atoms with Crippen LogP contribution in [-0.4, -0.2) is 9.97 Å². The number of hydrogen-bond acceptors (Lipinski definition) is 2. The van der Waals surface area contributed by atoms with Crippen molar-refractivity contribution in [3.8, 4) is 11.3 Å². The summed E-state index contributed by atoms with van der Waals surface area (Å²) in [5.41, 5.74) is 3.04. The Hall–Kier alpha value is -1.41. The number of aromatic nitrogens is 2. The first-order chi connectivity index (χ1) is 6.77. The van der Waals surface area contributed by atoms with Gasteiger partial charge in [-0.3, -0.25) is 0 Å². The van der Waals surface area contributed by atoms with E-state index in [0.717, 1.165) is 21.8 Å². The Morgan fingerprint density at radius 3 is 2.71 bits per heavy atom. The summed E-state index contributed by atoms with van der Waals surface area (Å²) >= 11 is 5.94. The van der Waals surface area contributed by atoms with Gasteiger partial charge in [-0.15, -0.1) is 0 Å². The van der Waals surface area contributed by atoms with Crippen molar-refractivity contribution in [3.05, 3.63) is 47.4 Å². The lowest BCUT2D eigenvalue weighted by atomic mass is 10.1. The molecule has 3 heteroatoms. The second kappa shape index (κ2) is 3.76. The standard InChI is InChI=1S/C11H9ClN2/c1-8-6-9(2-3-10(8)12)11-4-5-13-7-14-11/h2-7H,1H3. The Kier molecular flexibility index (Phi) is 2.46. The van der Waals surface area contributed by atoms with E-state index in [9.17, 15) is 0 Å². The number of nitrogens with zero attached hydrogens (tertiary/aromatic N) is 2. The van der Waals surface area contributed by atoms with Crippen molar-refractivity contribution in [3.63, 3.8) is 0 Å².